The highest BCUT2D eigenvalue weighted by Gasteiger charge is 2.44. The monoisotopic (exact) mass is 249 g/mol. The molecule has 0 bridgehead atoms. The molecular weight excluding hydrogens is 236 g/mol. The number of hydrogen-bond donors (Lipinski definition) is 5. The summed E-state index contributed by atoms with van der Waals surface area (Å²) >= 11 is 0. The lowest BCUT2D eigenvalue weighted by Crippen LogP contribution is -2.16. The summed E-state index contributed by atoms with van der Waals surface area (Å²) in [5, 5.41) is 0. The molecule has 0 aromatic rings. The Hall–Kier alpha value is 0.220. The molecule has 6 N–H and O–H groups in total. The third-order valence-electron chi connectivity index (χ3n) is 1.19. The van der Waals surface area contributed by atoms with Gasteiger partial charge in [0.05, 0.1) is 0 Å². The van der Waals surface area contributed by atoms with E-state index < -0.39 is 20.8 Å². The summed E-state index contributed by atoms with van der Waals surface area (Å²) < 4.78 is 25.6. The molecule has 0 heterocycles. The van der Waals surface area contributed by atoms with Crippen molar-refractivity contribution in [1.82, 2.24) is 0 Å². The molecule has 0 aliphatic carbocycles. The van der Waals surface area contributed by atoms with Crippen molar-refractivity contribution in [3.63, 3.8) is 0 Å². The minimum atomic E-state index is -4.96. The van der Waals surface area contributed by atoms with Crippen molar-refractivity contribution in [2.75, 3.05) is 13.2 Å². The van der Waals surface area contributed by atoms with Crippen LogP contribution in [0.2, 0.25) is 0 Å². The summed E-state index contributed by atoms with van der Waals surface area (Å²) in [4.78, 5) is 34.3. The zero-order chi connectivity index (χ0) is 11.4. The Morgan fingerprint density at radius 3 is 1.86 bits per heavy atom. The molecule has 0 fully saturated rings. The van der Waals surface area contributed by atoms with Crippen molar-refractivity contribution in [3.8, 4) is 0 Å². The first kappa shape index (κ1) is 14.2. The average Bonchev–Trinajstić information content (AvgIpc) is 1.92. The normalized spacial score (nSPS) is 13.6. The molecular formula is C4H13NO7P2. The van der Waals surface area contributed by atoms with Crippen LogP contribution in [0, 0.1) is 0 Å². The molecule has 0 rings (SSSR count). The summed E-state index contributed by atoms with van der Waals surface area (Å²) in [7, 11) is -9.93. The molecule has 0 amide bonds. The minimum absolute atomic E-state index is 0.203. The Bertz CT molecular complexity index is 234. The highest BCUT2D eigenvalue weighted by atomic mass is 31.2. The third-order valence-corrected chi connectivity index (χ3v) is 4.44. The summed E-state index contributed by atoms with van der Waals surface area (Å²) in [5.74, 6) is 0. The molecule has 8 nitrogen and oxygen atoms in total. The Balaban J connectivity index is 4.45. The van der Waals surface area contributed by atoms with Crippen LogP contribution >= 0.6 is 15.2 Å². The maximum absolute atomic E-state index is 10.6. The van der Waals surface area contributed by atoms with Crippen molar-refractivity contribution in [3.05, 3.63) is 0 Å². The van der Waals surface area contributed by atoms with Crippen molar-refractivity contribution < 1.29 is 33.4 Å². The fourth-order valence-electron chi connectivity index (χ4n) is 0.662. The van der Waals surface area contributed by atoms with Gasteiger partial charge in [0.1, 0.15) is 0 Å². The Morgan fingerprint density at radius 1 is 1.14 bits per heavy atom. The predicted octanol–water partition coefficient (Wildman–Crippen LogP) is -1.01. The molecule has 0 atom stereocenters. The van der Waals surface area contributed by atoms with Crippen LogP contribution in [0.1, 0.15) is 6.42 Å². The molecule has 0 saturated carbocycles. The van der Waals surface area contributed by atoms with Crippen LogP contribution in [-0.4, -0.2) is 38.3 Å². The fraction of sp³-hybridized carbons (Fsp3) is 1.00. The summed E-state index contributed by atoms with van der Waals surface area (Å²) in [6.45, 7) is -0.00752. The van der Waals surface area contributed by atoms with Crippen LogP contribution < -0.4 is 5.73 Å². The molecule has 0 unspecified atom stereocenters. The summed E-state index contributed by atoms with van der Waals surface area (Å²) in [6.07, 6.45) is 0.260. The molecule has 10 heteroatoms. The van der Waals surface area contributed by atoms with Gasteiger partial charge in [-0.25, -0.2) is 0 Å². The minimum Gasteiger partial charge on any atom is -0.355 e. The first-order valence-corrected chi connectivity index (χ1v) is 6.98. The van der Waals surface area contributed by atoms with E-state index in [-0.39, 0.29) is 19.6 Å². The second-order valence-electron chi connectivity index (χ2n) is 2.52. The molecule has 14 heavy (non-hydrogen) atoms. The van der Waals surface area contributed by atoms with Gasteiger partial charge in [-0.1, -0.05) is 0 Å². The van der Waals surface area contributed by atoms with Crippen molar-refractivity contribution in [2.24, 2.45) is 5.73 Å². The van der Waals surface area contributed by atoms with E-state index in [9.17, 15) is 9.13 Å². The second kappa shape index (κ2) is 5.34. The standard InChI is InChI=1S/C4H13NO7P2/c5-2-1-3-12-4(13(6,7)8)14(9,10)11/h4H,1-3,5H2,(H2,6,7,8)(H2,9,10,11). The second-order valence-corrected chi connectivity index (χ2v) is 6.22. The van der Waals surface area contributed by atoms with Crippen LogP contribution in [-0.2, 0) is 13.9 Å². The van der Waals surface area contributed by atoms with Gasteiger partial charge in [0, 0.05) is 6.61 Å². The van der Waals surface area contributed by atoms with Gasteiger partial charge < -0.3 is 30.0 Å². The van der Waals surface area contributed by atoms with E-state index in [1.807, 2.05) is 0 Å². The maximum Gasteiger partial charge on any atom is 0.366 e. The molecule has 86 valence electrons. The zero-order valence-electron chi connectivity index (χ0n) is 7.18. The van der Waals surface area contributed by atoms with Crippen LogP contribution in [0.25, 0.3) is 0 Å². The van der Waals surface area contributed by atoms with Crippen LogP contribution in [0.5, 0.6) is 0 Å². The highest BCUT2D eigenvalue weighted by Crippen LogP contribution is 2.60. The largest absolute Gasteiger partial charge is 0.366 e. The first-order valence-electron chi connectivity index (χ1n) is 3.61. The van der Waals surface area contributed by atoms with Gasteiger partial charge in [0.25, 0.3) is 5.59 Å². The van der Waals surface area contributed by atoms with Crippen molar-refractivity contribution in [1.29, 1.82) is 0 Å². The lowest BCUT2D eigenvalue weighted by molar-refractivity contribution is 0.111. The third kappa shape index (κ3) is 5.19. The van der Waals surface area contributed by atoms with Gasteiger partial charge in [-0.2, -0.15) is 0 Å². The summed E-state index contributed by atoms with van der Waals surface area (Å²) in [6, 6.07) is 0. The number of nitrogens with two attached hydrogens (primary N) is 1. The SMILES string of the molecule is NCCCOC(P(=O)(O)O)P(=O)(O)O. The molecule has 0 saturated heterocycles. The van der Waals surface area contributed by atoms with Gasteiger partial charge in [-0.05, 0) is 13.0 Å². The average molecular weight is 249 g/mol. The van der Waals surface area contributed by atoms with Crippen molar-refractivity contribution >= 4 is 15.2 Å². The lowest BCUT2D eigenvalue weighted by atomic mass is 10.5. The van der Waals surface area contributed by atoms with Gasteiger partial charge >= 0.3 is 15.2 Å². The van der Waals surface area contributed by atoms with Crippen LogP contribution in [0.15, 0.2) is 0 Å². The molecule has 0 radical (unpaired) electrons. The van der Waals surface area contributed by atoms with E-state index in [1.165, 1.54) is 0 Å². The molecule has 0 spiro atoms. The van der Waals surface area contributed by atoms with Crippen molar-refractivity contribution in [2.45, 2.75) is 12.0 Å². The van der Waals surface area contributed by atoms with E-state index in [1.54, 1.807) is 0 Å². The first-order chi connectivity index (χ1) is 6.19. The molecule has 0 aromatic heterocycles. The van der Waals surface area contributed by atoms with Gasteiger partial charge in [0.15, 0.2) is 0 Å². The van der Waals surface area contributed by atoms with E-state index in [0.29, 0.717) is 0 Å². The number of rotatable bonds is 6. The van der Waals surface area contributed by atoms with Crippen LogP contribution in [0.4, 0.5) is 0 Å². The zero-order valence-corrected chi connectivity index (χ0v) is 8.97. The van der Waals surface area contributed by atoms with E-state index in [0.717, 1.165) is 0 Å². The summed E-state index contributed by atoms with van der Waals surface area (Å²) in [5.41, 5.74) is 2.68. The quantitative estimate of drug-likeness (QED) is 0.296. The predicted molar refractivity (Wildman–Crippen MR) is 47.5 cm³/mol. The number of ether oxygens (including phenoxy) is 1. The smallest absolute Gasteiger partial charge is 0.355 e. The Labute approximate surface area is 80.4 Å². The van der Waals surface area contributed by atoms with Gasteiger partial charge in [0.2, 0.25) is 0 Å². The maximum atomic E-state index is 10.6. The topological polar surface area (TPSA) is 150 Å². The van der Waals surface area contributed by atoms with Gasteiger partial charge in [-0.3, -0.25) is 9.13 Å². The lowest BCUT2D eigenvalue weighted by Gasteiger charge is -2.19. The number of hydrogen-bond acceptors (Lipinski definition) is 4. The highest BCUT2D eigenvalue weighted by molar-refractivity contribution is 7.70. The molecule has 0 aliphatic rings. The fourth-order valence-corrected chi connectivity index (χ4v) is 2.83. The Kier molecular flexibility index (Phi) is 5.43. The van der Waals surface area contributed by atoms with Crippen LogP contribution in [0.3, 0.4) is 0 Å². The molecule has 0 aromatic carbocycles. The van der Waals surface area contributed by atoms with E-state index >= 15 is 0 Å². The van der Waals surface area contributed by atoms with E-state index in [2.05, 4.69) is 4.74 Å². The molecule has 0 aliphatic heterocycles. The Morgan fingerprint density at radius 2 is 1.57 bits per heavy atom. The van der Waals surface area contributed by atoms with E-state index in [4.69, 9.17) is 25.3 Å². The van der Waals surface area contributed by atoms with Gasteiger partial charge in [-0.15, -0.1) is 0 Å².